The van der Waals surface area contributed by atoms with Gasteiger partial charge in [0.25, 0.3) is 5.91 Å². The van der Waals surface area contributed by atoms with Crippen molar-refractivity contribution in [2.75, 3.05) is 13.2 Å². The third kappa shape index (κ3) is 3.74. The van der Waals surface area contributed by atoms with Crippen LogP contribution in [0.1, 0.15) is 65.2 Å². The summed E-state index contributed by atoms with van der Waals surface area (Å²) in [6, 6.07) is 5.98. The Hall–Kier alpha value is -2.47. The van der Waals surface area contributed by atoms with Crippen molar-refractivity contribution in [2.45, 2.75) is 57.4 Å². The average Bonchev–Trinajstić information content (AvgIpc) is 3.46. The Morgan fingerprint density at radius 1 is 1.21 bits per heavy atom. The van der Waals surface area contributed by atoms with Crippen LogP contribution in [-0.2, 0) is 9.53 Å². The van der Waals surface area contributed by atoms with Crippen LogP contribution in [0.2, 0.25) is 0 Å². The Morgan fingerprint density at radius 3 is 2.57 bits per heavy atom. The van der Waals surface area contributed by atoms with Crippen LogP contribution in [-0.4, -0.2) is 40.7 Å². The summed E-state index contributed by atoms with van der Waals surface area (Å²) in [4.78, 5) is 29.6. The van der Waals surface area contributed by atoms with Gasteiger partial charge in [0.2, 0.25) is 0 Å². The van der Waals surface area contributed by atoms with E-state index in [1.807, 2.05) is 26.0 Å². The Balaban J connectivity index is 1.76. The quantitative estimate of drug-likeness (QED) is 0.826. The van der Waals surface area contributed by atoms with Crippen LogP contribution in [0.15, 0.2) is 18.2 Å². The molecule has 2 fully saturated rings. The number of nitrogens with zero attached hydrogens (tertiary/aromatic N) is 1. The summed E-state index contributed by atoms with van der Waals surface area (Å²) in [5, 5.41) is 13.3. The fraction of sp³-hybridized carbons (Fsp3) is 0.500. The van der Waals surface area contributed by atoms with Crippen LogP contribution in [0.25, 0.3) is 10.9 Å². The second-order valence-corrected chi connectivity index (χ2v) is 8.26. The van der Waals surface area contributed by atoms with E-state index >= 15 is 0 Å². The highest BCUT2D eigenvalue weighted by Crippen LogP contribution is 2.40. The summed E-state index contributed by atoms with van der Waals surface area (Å²) in [6.07, 6.45) is 3.11. The van der Waals surface area contributed by atoms with E-state index in [4.69, 9.17) is 9.72 Å². The predicted octanol–water partition coefficient (Wildman–Crippen LogP) is 3.48. The van der Waals surface area contributed by atoms with Crippen LogP contribution in [0.4, 0.5) is 0 Å². The molecule has 1 aromatic heterocycles. The number of aryl methyl sites for hydroxylation is 2. The largest absolute Gasteiger partial charge is 0.481 e. The summed E-state index contributed by atoms with van der Waals surface area (Å²) in [6.45, 7) is 4.94. The first kappa shape index (κ1) is 18.9. The van der Waals surface area contributed by atoms with E-state index in [2.05, 4.69) is 11.4 Å². The lowest BCUT2D eigenvalue weighted by atomic mass is 9.86. The molecule has 1 aliphatic heterocycles. The Labute approximate surface area is 164 Å². The minimum atomic E-state index is -0.910. The maximum Gasteiger partial charge on any atom is 0.305 e. The maximum atomic E-state index is 13.4. The molecule has 0 radical (unpaired) electrons. The standard InChI is InChI=1S/C22H26N2O4/c1-13-9-14(2)20-16(10-13)17(11-18(23-20)15-3-4-15)21(27)24-22(12-19(25)26)5-7-28-8-6-22/h9-11,15H,3-8,12H2,1-2H3,(H,24,27)(H,25,26). The van der Waals surface area contributed by atoms with Crippen molar-refractivity contribution in [3.05, 3.63) is 40.6 Å². The van der Waals surface area contributed by atoms with E-state index in [9.17, 15) is 14.7 Å². The molecule has 1 saturated carbocycles. The van der Waals surface area contributed by atoms with Crippen LogP contribution in [0.3, 0.4) is 0 Å². The first-order valence-electron chi connectivity index (χ1n) is 9.91. The number of hydrogen-bond acceptors (Lipinski definition) is 4. The smallest absolute Gasteiger partial charge is 0.305 e. The Morgan fingerprint density at radius 2 is 1.93 bits per heavy atom. The van der Waals surface area contributed by atoms with Crippen molar-refractivity contribution < 1.29 is 19.4 Å². The van der Waals surface area contributed by atoms with Gasteiger partial charge < -0.3 is 15.2 Å². The number of aliphatic carboxylic acids is 1. The number of ether oxygens (including phenoxy) is 1. The van der Waals surface area contributed by atoms with Gasteiger partial charge in [-0.25, -0.2) is 0 Å². The molecule has 1 aliphatic carbocycles. The van der Waals surface area contributed by atoms with E-state index in [1.54, 1.807) is 0 Å². The van der Waals surface area contributed by atoms with E-state index in [1.165, 1.54) is 0 Å². The highest BCUT2D eigenvalue weighted by Gasteiger charge is 2.37. The minimum absolute atomic E-state index is 0.0986. The molecule has 0 spiro atoms. The number of carbonyl (C=O) groups excluding carboxylic acids is 1. The topological polar surface area (TPSA) is 88.5 Å². The van der Waals surface area contributed by atoms with Crippen molar-refractivity contribution in [1.82, 2.24) is 10.3 Å². The van der Waals surface area contributed by atoms with E-state index in [0.717, 1.165) is 40.6 Å². The van der Waals surface area contributed by atoms with E-state index in [0.29, 0.717) is 37.5 Å². The maximum absolute atomic E-state index is 13.4. The molecule has 1 aromatic carbocycles. The van der Waals surface area contributed by atoms with Gasteiger partial charge in [-0.2, -0.15) is 0 Å². The van der Waals surface area contributed by atoms with Gasteiger partial charge in [-0.05, 0) is 57.2 Å². The Bertz CT molecular complexity index is 943. The van der Waals surface area contributed by atoms with Crippen LogP contribution in [0, 0.1) is 13.8 Å². The molecule has 28 heavy (non-hydrogen) atoms. The van der Waals surface area contributed by atoms with Gasteiger partial charge in [0, 0.05) is 30.2 Å². The second kappa shape index (κ2) is 7.17. The number of carboxylic acid groups (broad SMARTS) is 1. The number of aromatic nitrogens is 1. The van der Waals surface area contributed by atoms with Crippen molar-refractivity contribution in [2.24, 2.45) is 0 Å². The molecule has 6 nitrogen and oxygen atoms in total. The fourth-order valence-electron chi connectivity index (χ4n) is 4.18. The summed E-state index contributed by atoms with van der Waals surface area (Å²) >= 11 is 0. The predicted molar refractivity (Wildman–Crippen MR) is 106 cm³/mol. The summed E-state index contributed by atoms with van der Waals surface area (Å²) in [5.74, 6) is -0.706. The molecule has 6 heteroatoms. The Kier molecular flexibility index (Phi) is 4.83. The summed E-state index contributed by atoms with van der Waals surface area (Å²) < 4.78 is 5.40. The third-order valence-electron chi connectivity index (χ3n) is 5.83. The monoisotopic (exact) mass is 382 g/mol. The second-order valence-electron chi connectivity index (χ2n) is 8.26. The molecule has 1 amide bonds. The highest BCUT2D eigenvalue weighted by atomic mass is 16.5. The first-order valence-corrected chi connectivity index (χ1v) is 9.91. The van der Waals surface area contributed by atoms with Gasteiger partial charge in [0.15, 0.2) is 0 Å². The number of nitrogens with one attached hydrogen (secondary N) is 1. The number of rotatable bonds is 5. The first-order chi connectivity index (χ1) is 13.4. The summed E-state index contributed by atoms with van der Waals surface area (Å²) in [5.41, 5.74) is 3.78. The van der Waals surface area contributed by atoms with Gasteiger partial charge in [-0.15, -0.1) is 0 Å². The third-order valence-corrected chi connectivity index (χ3v) is 5.83. The number of pyridine rings is 1. The van der Waals surface area contributed by atoms with Crippen molar-refractivity contribution >= 4 is 22.8 Å². The number of benzene rings is 1. The lowest BCUT2D eigenvalue weighted by molar-refractivity contribution is -0.139. The molecule has 0 unspecified atom stereocenters. The molecule has 1 saturated heterocycles. The number of carboxylic acids is 1. The van der Waals surface area contributed by atoms with Gasteiger partial charge in [0.1, 0.15) is 0 Å². The molecule has 0 atom stereocenters. The molecular formula is C22H26N2O4. The molecular weight excluding hydrogens is 356 g/mol. The lowest BCUT2D eigenvalue weighted by Gasteiger charge is -2.37. The minimum Gasteiger partial charge on any atom is -0.481 e. The van der Waals surface area contributed by atoms with Crippen molar-refractivity contribution in [1.29, 1.82) is 0 Å². The molecule has 2 aliphatic rings. The molecule has 4 rings (SSSR count). The van der Waals surface area contributed by atoms with Crippen molar-refractivity contribution in [3.8, 4) is 0 Å². The molecule has 148 valence electrons. The molecule has 2 N–H and O–H groups in total. The van der Waals surface area contributed by atoms with Crippen molar-refractivity contribution in [3.63, 3.8) is 0 Å². The van der Waals surface area contributed by atoms with E-state index in [-0.39, 0.29) is 12.3 Å². The van der Waals surface area contributed by atoms with Crippen LogP contribution < -0.4 is 5.32 Å². The number of hydrogen-bond donors (Lipinski definition) is 2. The summed E-state index contributed by atoms with van der Waals surface area (Å²) in [7, 11) is 0. The average molecular weight is 382 g/mol. The number of fused-ring (bicyclic) bond motifs is 1. The van der Waals surface area contributed by atoms with Crippen LogP contribution >= 0.6 is 0 Å². The molecule has 2 aromatic rings. The zero-order valence-electron chi connectivity index (χ0n) is 16.4. The molecule has 2 heterocycles. The van der Waals surface area contributed by atoms with Gasteiger partial charge >= 0.3 is 5.97 Å². The zero-order valence-corrected chi connectivity index (χ0v) is 16.4. The zero-order chi connectivity index (χ0) is 19.9. The van der Waals surface area contributed by atoms with Gasteiger partial charge in [0.05, 0.1) is 23.0 Å². The van der Waals surface area contributed by atoms with Crippen LogP contribution in [0.5, 0.6) is 0 Å². The van der Waals surface area contributed by atoms with Gasteiger partial charge in [-0.1, -0.05) is 11.6 Å². The highest BCUT2D eigenvalue weighted by molar-refractivity contribution is 6.07. The molecule has 0 bridgehead atoms. The normalized spacial score (nSPS) is 18.8. The fourth-order valence-corrected chi connectivity index (χ4v) is 4.18. The number of carbonyl (C=O) groups is 2. The van der Waals surface area contributed by atoms with Gasteiger partial charge in [-0.3, -0.25) is 14.6 Å². The number of amides is 1. The SMILES string of the molecule is Cc1cc(C)c2nc(C3CC3)cc(C(=O)NC3(CC(=O)O)CCOCC3)c2c1. The van der Waals surface area contributed by atoms with E-state index < -0.39 is 11.5 Å². The lowest BCUT2D eigenvalue weighted by Crippen LogP contribution is -2.53.